The van der Waals surface area contributed by atoms with Crippen LogP contribution in [0.4, 0.5) is 22.7 Å². The molecule has 1 N–H and O–H groups in total. The van der Waals surface area contributed by atoms with E-state index in [2.05, 4.69) is 31.3 Å². The van der Waals surface area contributed by atoms with Gasteiger partial charge in [0.1, 0.15) is 31.3 Å². The zero-order valence-corrected chi connectivity index (χ0v) is 33.8. The van der Waals surface area contributed by atoms with Gasteiger partial charge in [-0.3, -0.25) is 19.5 Å². The van der Waals surface area contributed by atoms with E-state index in [-0.39, 0.29) is 37.1 Å². The van der Waals surface area contributed by atoms with Gasteiger partial charge in [0, 0.05) is 49.3 Å². The molecule has 59 heavy (non-hydrogen) atoms. The van der Waals surface area contributed by atoms with E-state index in [0.29, 0.717) is 78.5 Å². The van der Waals surface area contributed by atoms with Crippen LogP contribution in [0.2, 0.25) is 0 Å². The second-order valence-corrected chi connectivity index (χ2v) is 16.0. The van der Waals surface area contributed by atoms with Crippen LogP contribution in [0.3, 0.4) is 0 Å². The molecule has 11 heteroatoms. The molecule has 4 heterocycles. The maximum atomic E-state index is 13.9. The van der Waals surface area contributed by atoms with Gasteiger partial charge in [-0.05, 0) is 89.5 Å². The molecule has 11 nitrogen and oxygen atoms in total. The standard InChI is InChI=1S/C48H48N4O7/c1-29(2)26-56-13-14-57-37-17-31(27-58-44-22-40-38(15-30(44)3)47(53)51-35(24-49-40)19-33-9-5-7-11-42(33)51)16-32(18-37)28-59-46-23-41-39(21-45(46)55-4)48(54)52-36(25-50-41)20-34-10-6-8-12-43(34)52/h5-12,15-18,21-23,25,29,35-36,49H,13-14,19-20,24,26-28H2,1-4H3/t35-,36-/m0/s1. The summed E-state index contributed by atoms with van der Waals surface area (Å²) in [7, 11) is 1.57. The lowest BCUT2D eigenvalue weighted by Gasteiger charge is -2.22. The maximum Gasteiger partial charge on any atom is 0.261 e. The number of aliphatic imine (C=N–C) groups is 1. The fourth-order valence-corrected chi connectivity index (χ4v) is 8.45. The van der Waals surface area contributed by atoms with Gasteiger partial charge in [-0.15, -0.1) is 0 Å². The Kier molecular flexibility index (Phi) is 10.4. The molecule has 9 rings (SSSR count). The fourth-order valence-electron chi connectivity index (χ4n) is 8.45. The van der Waals surface area contributed by atoms with Crippen LogP contribution in [-0.4, -0.2) is 63.6 Å². The Balaban J connectivity index is 0.939. The lowest BCUT2D eigenvalue weighted by atomic mass is 10.1. The number of nitrogens with zero attached hydrogens (tertiary/aromatic N) is 3. The number of amides is 2. The summed E-state index contributed by atoms with van der Waals surface area (Å²) in [6.07, 6.45) is 3.38. The van der Waals surface area contributed by atoms with Crippen molar-refractivity contribution in [3.8, 4) is 23.0 Å². The Morgan fingerprint density at radius 2 is 1.44 bits per heavy atom. The van der Waals surface area contributed by atoms with Crippen molar-refractivity contribution in [1.29, 1.82) is 0 Å². The summed E-state index contributed by atoms with van der Waals surface area (Å²) < 4.78 is 30.6. The van der Waals surface area contributed by atoms with Crippen molar-refractivity contribution in [3.63, 3.8) is 0 Å². The van der Waals surface area contributed by atoms with Crippen LogP contribution in [0.1, 0.15) is 62.4 Å². The molecule has 0 saturated carbocycles. The number of anilines is 3. The molecule has 0 radical (unpaired) electrons. The molecule has 5 aromatic rings. The minimum atomic E-state index is -0.161. The molecule has 0 unspecified atom stereocenters. The highest BCUT2D eigenvalue weighted by Crippen LogP contribution is 2.42. The number of carbonyl (C=O) groups is 2. The molecule has 4 aliphatic rings. The van der Waals surface area contributed by atoms with E-state index in [4.69, 9.17) is 28.7 Å². The first-order valence-corrected chi connectivity index (χ1v) is 20.3. The van der Waals surface area contributed by atoms with E-state index in [1.807, 2.05) is 89.7 Å². The molecule has 302 valence electrons. The van der Waals surface area contributed by atoms with Gasteiger partial charge < -0.3 is 33.9 Å². The minimum Gasteiger partial charge on any atom is -0.493 e. The third kappa shape index (κ3) is 7.58. The Labute approximate surface area is 344 Å². The average molecular weight is 793 g/mol. The summed E-state index contributed by atoms with van der Waals surface area (Å²) in [5, 5.41) is 3.54. The van der Waals surface area contributed by atoms with Crippen molar-refractivity contribution in [1.82, 2.24) is 0 Å². The van der Waals surface area contributed by atoms with Crippen molar-refractivity contribution >= 4 is 40.8 Å². The third-order valence-corrected chi connectivity index (χ3v) is 11.3. The number of aryl methyl sites for hydroxylation is 1. The Morgan fingerprint density at radius 1 is 0.746 bits per heavy atom. The molecule has 4 aliphatic heterocycles. The minimum absolute atomic E-state index is 0.00269. The van der Waals surface area contributed by atoms with E-state index in [1.165, 1.54) is 5.56 Å². The van der Waals surface area contributed by atoms with Crippen molar-refractivity contribution in [2.24, 2.45) is 10.9 Å². The number of benzene rings is 5. The zero-order chi connectivity index (χ0) is 40.6. The summed E-state index contributed by atoms with van der Waals surface area (Å²) in [5.74, 6) is 2.56. The first-order valence-electron chi connectivity index (χ1n) is 20.3. The average Bonchev–Trinajstić information content (AvgIpc) is 3.73. The number of nitrogens with one attached hydrogen (secondary N) is 1. The van der Waals surface area contributed by atoms with Crippen molar-refractivity contribution in [2.45, 2.75) is 58.9 Å². The van der Waals surface area contributed by atoms with Crippen molar-refractivity contribution in [3.05, 3.63) is 130 Å². The quantitative estimate of drug-likeness (QED) is 0.118. The molecule has 0 fully saturated rings. The predicted octanol–water partition coefficient (Wildman–Crippen LogP) is 8.50. The molecular formula is C48H48N4O7. The number of para-hydroxylation sites is 2. The third-order valence-electron chi connectivity index (χ3n) is 11.3. The largest absolute Gasteiger partial charge is 0.493 e. The molecule has 2 atom stereocenters. The fraction of sp³-hybridized carbons (Fsp3) is 0.312. The van der Waals surface area contributed by atoms with Gasteiger partial charge >= 0.3 is 0 Å². The van der Waals surface area contributed by atoms with Crippen LogP contribution in [0.5, 0.6) is 23.0 Å². The maximum absolute atomic E-state index is 13.9. The van der Waals surface area contributed by atoms with E-state index >= 15 is 0 Å². The number of carbonyl (C=O) groups excluding carboxylic acids is 2. The second-order valence-electron chi connectivity index (χ2n) is 16.0. The van der Waals surface area contributed by atoms with Crippen molar-refractivity contribution < 1.29 is 33.3 Å². The second kappa shape index (κ2) is 16.1. The molecule has 0 aromatic heterocycles. The Morgan fingerprint density at radius 3 is 2.19 bits per heavy atom. The number of hydrogen-bond acceptors (Lipinski definition) is 9. The van der Waals surface area contributed by atoms with Gasteiger partial charge in [-0.1, -0.05) is 50.2 Å². The SMILES string of the molecule is COc1cc2c(cc1OCc1cc(COc3cc4c(cc3C)C(=O)N3c5ccccc5C[C@H]3CN4)cc(OCCOCC(C)C)c1)N=C[C@@H]1Cc3ccccc3N1C2=O. The molecule has 0 bridgehead atoms. The first kappa shape index (κ1) is 38.2. The predicted molar refractivity (Wildman–Crippen MR) is 229 cm³/mol. The molecule has 0 spiro atoms. The number of methoxy groups -OCH3 is 1. The number of rotatable bonds is 13. The number of ether oxygens (including phenoxy) is 5. The molecule has 0 aliphatic carbocycles. The Bertz CT molecular complexity index is 2460. The van der Waals surface area contributed by atoms with Gasteiger partial charge in [0.2, 0.25) is 0 Å². The normalized spacial score (nSPS) is 17.2. The lowest BCUT2D eigenvalue weighted by Crippen LogP contribution is -2.39. The summed E-state index contributed by atoms with van der Waals surface area (Å²) in [6, 6.07) is 29.3. The zero-order valence-electron chi connectivity index (χ0n) is 33.8. The van der Waals surface area contributed by atoms with Crippen LogP contribution in [0, 0.1) is 12.8 Å². The molecular weight excluding hydrogens is 745 g/mol. The van der Waals surface area contributed by atoms with Gasteiger partial charge in [0.25, 0.3) is 11.8 Å². The highest BCUT2D eigenvalue weighted by atomic mass is 16.5. The monoisotopic (exact) mass is 792 g/mol. The summed E-state index contributed by atoms with van der Waals surface area (Å²) >= 11 is 0. The highest BCUT2D eigenvalue weighted by molar-refractivity contribution is 6.15. The smallest absolute Gasteiger partial charge is 0.261 e. The van der Waals surface area contributed by atoms with Gasteiger partial charge in [-0.2, -0.15) is 0 Å². The van der Waals surface area contributed by atoms with Gasteiger partial charge in [0.15, 0.2) is 11.5 Å². The van der Waals surface area contributed by atoms with E-state index in [1.54, 1.807) is 19.2 Å². The summed E-state index contributed by atoms with van der Waals surface area (Å²) in [5.41, 5.74) is 9.20. The lowest BCUT2D eigenvalue weighted by molar-refractivity contribution is 0.0818. The molecule has 2 amide bonds. The van der Waals surface area contributed by atoms with E-state index in [0.717, 1.165) is 45.7 Å². The number of hydrogen-bond donors (Lipinski definition) is 1. The van der Waals surface area contributed by atoms with Gasteiger partial charge in [0.05, 0.1) is 48.3 Å². The van der Waals surface area contributed by atoms with Crippen molar-refractivity contribution in [2.75, 3.05) is 48.6 Å². The van der Waals surface area contributed by atoms with Gasteiger partial charge in [-0.25, -0.2) is 0 Å². The van der Waals surface area contributed by atoms with Crippen LogP contribution < -0.4 is 34.1 Å². The van der Waals surface area contributed by atoms with Crippen LogP contribution >= 0.6 is 0 Å². The van der Waals surface area contributed by atoms with Crippen LogP contribution in [0.15, 0.2) is 96.0 Å². The van der Waals surface area contributed by atoms with Crippen LogP contribution in [-0.2, 0) is 30.8 Å². The molecule has 0 saturated heterocycles. The van der Waals surface area contributed by atoms with Crippen LogP contribution in [0.25, 0.3) is 0 Å². The topological polar surface area (TPSA) is 111 Å². The highest BCUT2D eigenvalue weighted by Gasteiger charge is 2.38. The number of fused-ring (bicyclic) bond motifs is 8. The summed E-state index contributed by atoms with van der Waals surface area (Å²) in [6.45, 7) is 8.79. The molecule has 5 aromatic carbocycles. The van der Waals surface area contributed by atoms with E-state index in [9.17, 15) is 9.59 Å². The Hall–Kier alpha value is -6.33. The first-order chi connectivity index (χ1) is 28.7. The summed E-state index contributed by atoms with van der Waals surface area (Å²) in [4.78, 5) is 36.4. The van der Waals surface area contributed by atoms with E-state index < -0.39 is 0 Å².